The largest absolute Gasteiger partial charge is 0.426 e. The maximum absolute atomic E-state index is 12.7. The zero-order valence-corrected chi connectivity index (χ0v) is 16.8. The van der Waals surface area contributed by atoms with Gasteiger partial charge in [-0.1, -0.05) is 6.07 Å². The lowest BCUT2D eigenvalue weighted by atomic mass is 9.99. The van der Waals surface area contributed by atoms with Crippen LogP contribution in [0.3, 0.4) is 0 Å². The lowest BCUT2D eigenvalue weighted by Crippen LogP contribution is -2.19. The van der Waals surface area contributed by atoms with Gasteiger partial charge in [0.15, 0.2) is 9.92 Å². The van der Waals surface area contributed by atoms with Crippen molar-refractivity contribution in [3.8, 4) is 0 Å². The highest BCUT2D eigenvalue weighted by Gasteiger charge is 2.27. The van der Waals surface area contributed by atoms with E-state index in [1.165, 1.54) is 25.0 Å². The molecule has 0 aliphatic heterocycles. The van der Waals surface area contributed by atoms with E-state index in [2.05, 4.69) is 20.7 Å². The van der Waals surface area contributed by atoms with Crippen molar-refractivity contribution in [2.45, 2.75) is 63.1 Å². The van der Waals surface area contributed by atoms with Crippen molar-refractivity contribution < 1.29 is 18.5 Å². The highest BCUT2D eigenvalue weighted by atomic mass is 32.2. The summed E-state index contributed by atoms with van der Waals surface area (Å²) in [6, 6.07) is 1.49. The van der Waals surface area contributed by atoms with Crippen LogP contribution in [0.2, 0.25) is 0 Å². The fourth-order valence-electron chi connectivity index (χ4n) is 3.94. The Balaban J connectivity index is 1.65. The fourth-order valence-corrected chi connectivity index (χ4v) is 4.73. The van der Waals surface area contributed by atoms with Crippen LogP contribution in [-0.2, 0) is 41.2 Å². The summed E-state index contributed by atoms with van der Waals surface area (Å²) in [6.45, 7) is 2.95. The lowest BCUT2D eigenvalue weighted by molar-refractivity contribution is 0.0446. The molecule has 1 unspecified atom stereocenters. The van der Waals surface area contributed by atoms with Gasteiger partial charge in [-0.25, -0.2) is 19.1 Å². The van der Waals surface area contributed by atoms with E-state index in [1.807, 2.05) is 0 Å². The van der Waals surface area contributed by atoms with Gasteiger partial charge in [0.1, 0.15) is 5.60 Å². The number of nitrogens with one attached hydrogen (secondary N) is 1. The van der Waals surface area contributed by atoms with Gasteiger partial charge >= 0.3 is 6.03 Å². The monoisotopic (exact) mass is 404 g/mol. The molecular formula is C19H24N4O4S. The molecule has 2 aliphatic carbocycles. The Kier molecular flexibility index (Phi) is 4.56. The van der Waals surface area contributed by atoms with Crippen LogP contribution in [0.5, 0.6) is 0 Å². The van der Waals surface area contributed by atoms with Gasteiger partial charge in [-0.15, -0.1) is 4.36 Å². The standard InChI is InChI=1S/C19H24N4O4S/c1-19(2,25)17-21-10-15(27-17)28(20,26)23-18(24)22-16-13-7-3-5-11(13)9-12-6-4-8-14(12)16/h9-10,25H,3-8H2,1-2H3,(H3,20,22,23,24,26). The highest BCUT2D eigenvalue weighted by Crippen LogP contribution is 2.38. The quantitative estimate of drug-likeness (QED) is 0.724. The third-order valence-corrected chi connectivity index (χ3v) is 6.42. The number of carbonyl (C=O) groups is 1. The molecule has 1 atom stereocenters. The van der Waals surface area contributed by atoms with Crippen LogP contribution in [0.25, 0.3) is 0 Å². The number of amides is 2. The van der Waals surface area contributed by atoms with Gasteiger partial charge in [-0.05, 0) is 74.6 Å². The molecule has 0 radical (unpaired) electrons. The number of hydrogen-bond donors (Lipinski definition) is 3. The van der Waals surface area contributed by atoms with E-state index in [9.17, 15) is 14.1 Å². The molecule has 0 saturated carbocycles. The molecule has 1 heterocycles. The molecule has 1 aromatic carbocycles. The number of carbonyl (C=O) groups excluding carboxylic acids is 1. The summed E-state index contributed by atoms with van der Waals surface area (Å²) in [6.07, 6.45) is 7.08. The summed E-state index contributed by atoms with van der Waals surface area (Å²) >= 11 is 0. The van der Waals surface area contributed by atoms with E-state index in [4.69, 9.17) is 9.56 Å². The molecule has 28 heavy (non-hydrogen) atoms. The molecule has 2 amide bonds. The second-order valence-electron chi connectivity index (χ2n) is 7.87. The first-order chi connectivity index (χ1) is 13.1. The molecule has 4 N–H and O–H groups in total. The lowest BCUT2D eigenvalue weighted by Gasteiger charge is -2.15. The Hall–Kier alpha value is -2.23. The summed E-state index contributed by atoms with van der Waals surface area (Å²) < 4.78 is 21.7. The van der Waals surface area contributed by atoms with Gasteiger partial charge in [-0.3, -0.25) is 0 Å². The minimum Gasteiger partial charge on any atom is -0.426 e. The van der Waals surface area contributed by atoms with Crippen molar-refractivity contribution in [2.75, 3.05) is 5.32 Å². The number of rotatable bonds is 3. The molecule has 9 heteroatoms. The smallest absolute Gasteiger partial charge is 0.354 e. The van der Waals surface area contributed by atoms with Crippen molar-refractivity contribution in [3.05, 3.63) is 40.4 Å². The van der Waals surface area contributed by atoms with Crippen molar-refractivity contribution in [1.82, 2.24) is 4.98 Å². The van der Waals surface area contributed by atoms with Crippen molar-refractivity contribution in [3.63, 3.8) is 0 Å². The van der Waals surface area contributed by atoms with Crippen molar-refractivity contribution >= 4 is 21.6 Å². The van der Waals surface area contributed by atoms with E-state index < -0.39 is 21.5 Å². The molecule has 0 fully saturated rings. The molecule has 0 spiro atoms. The van der Waals surface area contributed by atoms with E-state index >= 15 is 0 Å². The number of hydrogen-bond acceptors (Lipinski definition) is 5. The Morgan fingerprint density at radius 2 is 1.86 bits per heavy atom. The Bertz CT molecular complexity index is 1040. The maximum atomic E-state index is 12.7. The van der Waals surface area contributed by atoms with Crippen LogP contribution in [-0.4, -0.2) is 20.3 Å². The van der Waals surface area contributed by atoms with Gasteiger partial charge in [0.2, 0.25) is 11.0 Å². The molecular weight excluding hydrogens is 380 g/mol. The first-order valence-corrected chi connectivity index (χ1v) is 10.9. The van der Waals surface area contributed by atoms with Gasteiger partial charge < -0.3 is 14.8 Å². The average molecular weight is 404 g/mol. The van der Waals surface area contributed by atoms with Crippen molar-refractivity contribution in [1.29, 1.82) is 0 Å². The first kappa shape index (κ1) is 19.1. The number of fused-ring (bicyclic) bond motifs is 2. The summed E-state index contributed by atoms with van der Waals surface area (Å²) in [5, 5.41) is 18.3. The third-order valence-electron chi connectivity index (χ3n) is 5.22. The van der Waals surface area contributed by atoms with Gasteiger partial charge in [-0.2, -0.15) is 0 Å². The highest BCUT2D eigenvalue weighted by molar-refractivity contribution is 7.91. The van der Waals surface area contributed by atoms with Gasteiger partial charge in [0, 0.05) is 5.69 Å². The van der Waals surface area contributed by atoms with Crippen LogP contribution in [0.15, 0.2) is 26.1 Å². The Morgan fingerprint density at radius 3 is 2.39 bits per heavy atom. The third kappa shape index (κ3) is 3.45. The first-order valence-electron chi connectivity index (χ1n) is 9.36. The number of aliphatic hydroxyl groups is 1. The predicted molar refractivity (Wildman–Crippen MR) is 104 cm³/mol. The molecule has 150 valence electrons. The molecule has 2 aromatic rings. The zero-order valence-electron chi connectivity index (χ0n) is 15.9. The number of nitrogens with zero attached hydrogens (tertiary/aromatic N) is 2. The molecule has 1 aromatic heterocycles. The van der Waals surface area contributed by atoms with Crippen LogP contribution in [0, 0.1) is 0 Å². The van der Waals surface area contributed by atoms with E-state index in [0.717, 1.165) is 61.5 Å². The summed E-state index contributed by atoms with van der Waals surface area (Å²) in [5.41, 5.74) is 4.29. The minimum atomic E-state index is -3.62. The Morgan fingerprint density at radius 1 is 1.25 bits per heavy atom. The number of urea groups is 1. The summed E-state index contributed by atoms with van der Waals surface area (Å²) in [4.78, 5) is 16.4. The van der Waals surface area contributed by atoms with Crippen LogP contribution >= 0.6 is 0 Å². The van der Waals surface area contributed by atoms with Crippen molar-refractivity contribution in [2.24, 2.45) is 9.50 Å². The zero-order chi connectivity index (χ0) is 20.1. The summed E-state index contributed by atoms with van der Waals surface area (Å²) in [5.74, 6) is -0.0463. The number of aromatic nitrogens is 1. The van der Waals surface area contributed by atoms with E-state index in [1.54, 1.807) is 0 Å². The molecule has 8 nitrogen and oxygen atoms in total. The second-order valence-corrected chi connectivity index (χ2v) is 9.59. The predicted octanol–water partition coefficient (Wildman–Crippen LogP) is 2.81. The fraction of sp³-hybridized carbons (Fsp3) is 0.474. The average Bonchev–Trinajstić information content (AvgIpc) is 3.33. The number of oxazole rings is 1. The van der Waals surface area contributed by atoms with Crippen LogP contribution in [0.1, 0.15) is 54.8 Å². The van der Waals surface area contributed by atoms with Gasteiger partial charge in [0.25, 0.3) is 0 Å². The molecule has 0 saturated heterocycles. The van der Waals surface area contributed by atoms with E-state index in [0.29, 0.717) is 0 Å². The molecule has 0 bridgehead atoms. The number of nitrogens with two attached hydrogens (primary N) is 1. The summed E-state index contributed by atoms with van der Waals surface area (Å²) in [7, 11) is -3.62. The number of aryl methyl sites for hydroxylation is 2. The molecule has 2 aliphatic rings. The second kappa shape index (κ2) is 6.68. The minimum absolute atomic E-state index is 0.0463. The SMILES string of the molecule is CC(C)(O)c1ncc(S(N)(=O)=NC(=O)Nc2c3c(cc4c2CCC4)CCC3)o1. The maximum Gasteiger partial charge on any atom is 0.354 e. The van der Waals surface area contributed by atoms with E-state index in [-0.39, 0.29) is 11.0 Å². The topological polar surface area (TPSA) is 131 Å². The van der Waals surface area contributed by atoms with Crippen LogP contribution in [0.4, 0.5) is 10.5 Å². The number of anilines is 1. The molecule has 4 rings (SSSR count). The van der Waals surface area contributed by atoms with Crippen LogP contribution < -0.4 is 10.5 Å². The number of benzene rings is 1. The van der Waals surface area contributed by atoms with Gasteiger partial charge in [0.05, 0.1) is 6.20 Å². The Labute approximate surface area is 163 Å². The normalized spacial score (nSPS) is 17.7.